The van der Waals surface area contributed by atoms with Gasteiger partial charge in [0.25, 0.3) is 5.91 Å². The van der Waals surface area contributed by atoms with Crippen LogP contribution in [0, 0.1) is 5.92 Å². The van der Waals surface area contributed by atoms with E-state index in [1.165, 1.54) is 0 Å². The van der Waals surface area contributed by atoms with E-state index >= 15 is 0 Å². The number of amides is 2. The molecule has 182 valence electrons. The van der Waals surface area contributed by atoms with Gasteiger partial charge in [-0.05, 0) is 49.9 Å². The fourth-order valence-corrected chi connectivity index (χ4v) is 4.33. The number of hydrogen-bond donors (Lipinski definition) is 1. The van der Waals surface area contributed by atoms with E-state index in [-0.39, 0.29) is 23.8 Å². The van der Waals surface area contributed by atoms with Crippen molar-refractivity contribution in [1.29, 1.82) is 0 Å². The SMILES string of the molecule is COc1cc(OC)cc(C(=O)N2CCC(C(=O)Nc3cccc(OCC4CCCO4)c3)CC2)c1. The summed E-state index contributed by atoms with van der Waals surface area (Å²) in [5, 5.41) is 3.00. The lowest BCUT2D eigenvalue weighted by atomic mass is 9.95. The normalized spacial score (nSPS) is 18.4. The van der Waals surface area contributed by atoms with Crippen LogP contribution in [0.4, 0.5) is 5.69 Å². The van der Waals surface area contributed by atoms with Crippen molar-refractivity contribution in [3.8, 4) is 17.2 Å². The maximum Gasteiger partial charge on any atom is 0.254 e. The third kappa shape index (κ3) is 5.99. The summed E-state index contributed by atoms with van der Waals surface area (Å²) in [6.45, 7) is 2.34. The number of anilines is 1. The van der Waals surface area contributed by atoms with Crippen LogP contribution in [0.25, 0.3) is 0 Å². The van der Waals surface area contributed by atoms with Crippen LogP contribution >= 0.6 is 0 Å². The molecule has 2 heterocycles. The number of nitrogens with zero attached hydrogens (tertiary/aromatic N) is 1. The zero-order chi connectivity index (χ0) is 23.9. The van der Waals surface area contributed by atoms with Crippen LogP contribution in [0.3, 0.4) is 0 Å². The maximum atomic E-state index is 13.0. The van der Waals surface area contributed by atoms with E-state index in [4.69, 9.17) is 18.9 Å². The molecule has 2 aliphatic rings. The van der Waals surface area contributed by atoms with E-state index in [9.17, 15) is 9.59 Å². The van der Waals surface area contributed by atoms with Crippen LogP contribution in [0.15, 0.2) is 42.5 Å². The zero-order valence-electron chi connectivity index (χ0n) is 19.7. The average molecular weight is 469 g/mol. The van der Waals surface area contributed by atoms with Crippen molar-refractivity contribution in [3.05, 3.63) is 48.0 Å². The number of carbonyl (C=O) groups is 2. The number of benzene rings is 2. The van der Waals surface area contributed by atoms with E-state index in [1.807, 2.05) is 24.3 Å². The maximum absolute atomic E-state index is 13.0. The van der Waals surface area contributed by atoms with Crippen LogP contribution in [0.2, 0.25) is 0 Å². The molecule has 0 spiro atoms. The number of piperidine rings is 1. The second-order valence-corrected chi connectivity index (χ2v) is 8.63. The number of likely N-dealkylation sites (tertiary alicyclic amines) is 1. The molecule has 8 heteroatoms. The largest absolute Gasteiger partial charge is 0.497 e. The third-order valence-electron chi connectivity index (χ3n) is 6.31. The van der Waals surface area contributed by atoms with Gasteiger partial charge in [0.15, 0.2) is 0 Å². The lowest BCUT2D eigenvalue weighted by Crippen LogP contribution is -2.41. The molecule has 2 saturated heterocycles. The number of methoxy groups -OCH3 is 2. The molecule has 4 rings (SSSR count). The molecule has 1 unspecified atom stereocenters. The molecular formula is C26H32N2O6. The Bertz CT molecular complexity index is 974. The number of ether oxygens (including phenoxy) is 4. The highest BCUT2D eigenvalue weighted by Crippen LogP contribution is 2.26. The molecule has 34 heavy (non-hydrogen) atoms. The van der Waals surface area contributed by atoms with Crippen molar-refractivity contribution in [3.63, 3.8) is 0 Å². The van der Waals surface area contributed by atoms with Crippen LogP contribution in [-0.4, -0.2) is 63.3 Å². The van der Waals surface area contributed by atoms with Crippen LogP contribution in [0.5, 0.6) is 17.2 Å². The topological polar surface area (TPSA) is 86.3 Å². The Morgan fingerprint density at radius 2 is 1.74 bits per heavy atom. The predicted molar refractivity (Wildman–Crippen MR) is 128 cm³/mol. The fourth-order valence-electron chi connectivity index (χ4n) is 4.33. The summed E-state index contributed by atoms with van der Waals surface area (Å²) >= 11 is 0. The van der Waals surface area contributed by atoms with Crippen molar-refractivity contribution >= 4 is 17.5 Å². The molecule has 0 radical (unpaired) electrons. The number of nitrogens with one attached hydrogen (secondary N) is 1. The molecule has 0 bridgehead atoms. The Morgan fingerprint density at radius 1 is 1.00 bits per heavy atom. The highest BCUT2D eigenvalue weighted by atomic mass is 16.5. The lowest BCUT2D eigenvalue weighted by molar-refractivity contribution is -0.121. The van der Waals surface area contributed by atoms with E-state index in [0.717, 1.165) is 19.4 Å². The third-order valence-corrected chi connectivity index (χ3v) is 6.31. The Morgan fingerprint density at radius 3 is 2.38 bits per heavy atom. The van der Waals surface area contributed by atoms with Gasteiger partial charge < -0.3 is 29.2 Å². The smallest absolute Gasteiger partial charge is 0.254 e. The summed E-state index contributed by atoms with van der Waals surface area (Å²) in [5.74, 6) is 1.57. The summed E-state index contributed by atoms with van der Waals surface area (Å²) in [4.78, 5) is 27.6. The summed E-state index contributed by atoms with van der Waals surface area (Å²) in [6.07, 6.45) is 3.44. The van der Waals surface area contributed by atoms with Crippen LogP contribution < -0.4 is 19.5 Å². The van der Waals surface area contributed by atoms with Crippen molar-refractivity contribution in [2.75, 3.05) is 45.8 Å². The number of carbonyl (C=O) groups excluding carboxylic acids is 2. The molecule has 0 aliphatic carbocycles. The van der Waals surface area contributed by atoms with Crippen LogP contribution in [-0.2, 0) is 9.53 Å². The quantitative estimate of drug-likeness (QED) is 0.635. The van der Waals surface area contributed by atoms with Gasteiger partial charge in [-0.15, -0.1) is 0 Å². The Hall–Kier alpha value is -3.26. The van der Waals surface area contributed by atoms with Crippen LogP contribution in [0.1, 0.15) is 36.0 Å². The first-order valence-corrected chi connectivity index (χ1v) is 11.7. The van der Waals surface area contributed by atoms with Crippen molar-refractivity contribution in [2.45, 2.75) is 31.8 Å². The molecule has 2 aromatic carbocycles. The summed E-state index contributed by atoms with van der Waals surface area (Å²) < 4.78 is 22.0. The minimum Gasteiger partial charge on any atom is -0.497 e. The second kappa shape index (κ2) is 11.2. The van der Waals surface area contributed by atoms with Gasteiger partial charge >= 0.3 is 0 Å². The van der Waals surface area contributed by atoms with Crippen molar-refractivity contribution in [2.24, 2.45) is 5.92 Å². The average Bonchev–Trinajstić information content (AvgIpc) is 3.41. The summed E-state index contributed by atoms with van der Waals surface area (Å²) in [7, 11) is 3.11. The number of hydrogen-bond acceptors (Lipinski definition) is 6. The first-order valence-electron chi connectivity index (χ1n) is 11.7. The van der Waals surface area contributed by atoms with Gasteiger partial charge in [0.2, 0.25) is 5.91 Å². The lowest BCUT2D eigenvalue weighted by Gasteiger charge is -2.31. The van der Waals surface area contributed by atoms with Crippen molar-refractivity contribution in [1.82, 2.24) is 4.90 Å². The van der Waals surface area contributed by atoms with Gasteiger partial charge in [-0.1, -0.05) is 6.07 Å². The molecule has 1 N–H and O–H groups in total. The summed E-state index contributed by atoms with van der Waals surface area (Å²) in [5.41, 5.74) is 1.22. The van der Waals surface area contributed by atoms with Gasteiger partial charge in [0, 0.05) is 49.0 Å². The molecule has 0 saturated carbocycles. The number of rotatable bonds is 8. The molecule has 2 amide bonds. The van der Waals surface area contributed by atoms with Gasteiger partial charge in [0.1, 0.15) is 23.9 Å². The monoisotopic (exact) mass is 468 g/mol. The highest BCUT2D eigenvalue weighted by molar-refractivity contribution is 5.96. The first-order chi connectivity index (χ1) is 16.6. The predicted octanol–water partition coefficient (Wildman–Crippen LogP) is 3.75. The van der Waals surface area contributed by atoms with E-state index in [1.54, 1.807) is 37.3 Å². The first kappa shape index (κ1) is 23.9. The van der Waals surface area contributed by atoms with Crippen molar-refractivity contribution < 1.29 is 28.5 Å². The van der Waals surface area contributed by atoms with Gasteiger partial charge in [-0.2, -0.15) is 0 Å². The molecule has 2 aromatic rings. The molecular weight excluding hydrogens is 436 g/mol. The Kier molecular flexibility index (Phi) is 7.90. The van der Waals surface area contributed by atoms with E-state index < -0.39 is 0 Å². The van der Waals surface area contributed by atoms with E-state index in [2.05, 4.69) is 5.32 Å². The van der Waals surface area contributed by atoms with Gasteiger partial charge in [0.05, 0.1) is 20.3 Å². The Labute approximate surface area is 200 Å². The minimum atomic E-state index is -0.152. The fraction of sp³-hybridized carbons (Fsp3) is 0.462. The minimum absolute atomic E-state index is 0.0357. The van der Waals surface area contributed by atoms with Gasteiger partial charge in [-0.3, -0.25) is 9.59 Å². The molecule has 2 aliphatic heterocycles. The molecule has 0 aromatic heterocycles. The molecule has 8 nitrogen and oxygen atoms in total. The molecule has 2 fully saturated rings. The molecule has 1 atom stereocenters. The highest BCUT2D eigenvalue weighted by Gasteiger charge is 2.28. The van der Waals surface area contributed by atoms with E-state index in [0.29, 0.717) is 61.0 Å². The zero-order valence-corrected chi connectivity index (χ0v) is 19.7. The standard InChI is InChI=1S/C26H32N2O6/c1-31-23-13-19(14-24(16-23)32-2)26(30)28-10-8-18(9-11-28)25(29)27-20-5-3-6-21(15-20)34-17-22-7-4-12-33-22/h3,5-6,13-16,18,22H,4,7-12,17H2,1-2H3,(H,27,29). The summed E-state index contributed by atoms with van der Waals surface area (Å²) in [6, 6.07) is 12.6. The van der Waals surface area contributed by atoms with Gasteiger partial charge in [-0.25, -0.2) is 0 Å². The second-order valence-electron chi connectivity index (χ2n) is 8.63. The Balaban J connectivity index is 1.29.